The van der Waals surface area contributed by atoms with Crippen LogP contribution in [0, 0.1) is 0 Å². The highest BCUT2D eigenvalue weighted by molar-refractivity contribution is 6.12. The molecule has 0 atom stereocenters. The second-order valence-corrected chi connectivity index (χ2v) is 12.6. The Kier molecular flexibility index (Phi) is 6.18. The van der Waals surface area contributed by atoms with E-state index in [1.165, 1.54) is 43.7 Å². The molecule has 0 aliphatic carbocycles. The molecule has 0 radical (unpaired) electrons. The first-order valence-corrected chi connectivity index (χ1v) is 16.7. The summed E-state index contributed by atoms with van der Waals surface area (Å²) in [7, 11) is 0. The van der Waals surface area contributed by atoms with Crippen LogP contribution in [-0.2, 0) is 0 Å². The molecule has 0 saturated carbocycles. The smallest absolute Gasteiger partial charge is 0.136 e. The molecule has 49 heavy (non-hydrogen) atoms. The molecule has 8 aromatic carbocycles. The van der Waals surface area contributed by atoms with E-state index in [1.807, 2.05) is 0 Å². The summed E-state index contributed by atoms with van der Waals surface area (Å²) in [6.07, 6.45) is 0. The fourth-order valence-electron chi connectivity index (χ4n) is 7.45. The van der Waals surface area contributed by atoms with E-state index >= 15 is 0 Å². The number of hydrogen-bond acceptors (Lipinski definition) is 2. The minimum Gasteiger partial charge on any atom is -0.456 e. The van der Waals surface area contributed by atoms with Crippen LogP contribution in [0.5, 0.6) is 0 Å². The van der Waals surface area contributed by atoms with Crippen LogP contribution in [0.15, 0.2) is 186 Å². The second kappa shape index (κ2) is 11.0. The van der Waals surface area contributed by atoms with E-state index in [4.69, 9.17) is 4.42 Å². The first-order valence-electron chi connectivity index (χ1n) is 16.7. The van der Waals surface area contributed by atoms with E-state index in [1.54, 1.807) is 0 Å². The van der Waals surface area contributed by atoms with E-state index in [9.17, 15) is 0 Å². The maximum atomic E-state index is 6.41. The van der Waals surface area contributed by atoms with Crippen LogP contribution in [0.1, 0.15) is 0 Å². The van der Waals surface area contributed by atoms with Crippen LogP contribution in [0.4, 0.5) is 17.1 Å². The summed E-state index contributed by atoms with van der Waals surface area (Å²) in [5.41, 5.74) is 10.9. The van der Waals surface area contributed by atoms with Crippen molar-refractivity contribution in [3.8, 4) is 16.8 Å². The van der Waals surface area contributed by atoms with Crippen molar-refractivity contribution in [3.63, 3.8) is 0 Å². The molecule has 2 aromatic heterocycles. The maximum Gasteiger partial charge on any atom is 0.136 e. The van der Waals surface area contributed by atoms with Crippen LogP contribution in [0.2, 0.25) is 0 Å². The van der Waals surface area contributed by atoms with E-state index in [2.05, 4.69) is 191 Å². The Bertz CT molecular complexity index is 2830. The molecule has 10 aromatic rings. The van der Waals surface area contributed by atoms with E-state index in [0.29, 0.717) is 0 Å². The molecular formula is C46H30N2O. The fraction of sp³-hybridized carbons (Fsp3) is 0. The van der Waals surface area contributed by atoms with Gasteiger partial charge in [-0.15, -0.1) is 0 Å². The molecule has 0 N–H and O–H groups in total. The molecule has 0 fully saturated rings. The summed E-state index contributed by atoms with van der Waals surface area (Å²) in [6.45, 7) is 0. The van der Waals surface area contributed by atoms with Crippen molar-refractivity contribution in [1.82, 2.24) is 4.57 Å². The average Bonchev–Trinajstić information content (AvgIpc) is 3.69. The van der Waals surface area contributed by atoms with E-state index in [0.717, 1.165) is 44.7 Å². The normalized spacial score (nSPS) is 11.7. The highest BCUT2D eigenvalue weighted by Crippen LogP contribution is 2.43. The van der Waals surface area contributed by atoms with Gasteiger partial charge in [0, 0.05) is 44.3 Å². The predicted octanol–water partition coefficient (Wildman–Crippen LogP) is 13.0. The lowest BCUT2D eigenvalue weighted by atomic mass is 10.0. The second-order valence-electron chi connectivity index (χ2n) is 12.6. The molecule has 0 amide bonds. The number of furan rings is 1. The standard InChI is InChI=1S/C46H30N2O/c1-3-12-31(13-4-1)32-16-11-19-36(26-32)47(38-23-25-45-42(30-38)41-27-33-14-7-8-15-34(33)28-46(41)49-45)37-22-24-44-40(29-37)39-20-9-10-21-43(39)48(44)35-17-5-2-6-18-35/h1-30H. The zero-order valence-corrected chi connectivity index (χ0v) is 26.6. The molecule has 230 valence electrons. The Morgan fingerprint density at radius 3 is 1.82 bits per heavy atom. The van der Waals surface area contributed by atoms with E-state index in [-0.39, 0.29) is 0 Å². The van der Waals surface area contributed by atoms with Gasteiger partial charge >= 0.3 is 0 Å². The van der Waals surface area contributed by atoms with Crippen molar-refractivity contribution in [3.05, 3.63) is 182 Å². The van der Waals surface area contributed by atoms with Gasteiger partial charge in [-0.25, -0.2) is 0 Å². The number of nitrogens with zero attached hydrogens (tertiary/aromatic N) is 2. The van der Waals surface area contributed by atoms with Gasteiger partial charge in [0.25, 0.3) is 0 Å². The van der Waals surface area contributed by atoms with Crippen LogP contribution >= 0.6 is 0 Å². The lowest BCUT2D eigenvalue weighted by Crippen LogP contribution is -2.10. The summed E-state index contributed by atoms with van der Waals surface area (Å²) >= 11 is 0. The number of fused-ring (bicyclic) bond motifs is 7. The maximum absolute atomic E-state index is 6.41. The Balaban J connectivity index is 1.22. The Labute approximate surface area is 283 Å². The Hall–Kier alpha value is -6.58. The first kappa shape index (κ1) is 27.5. The van der Waals surface area contributed by atoms with Crippen molar-refractivity contribution >= 4 is 71.6 Å². The van der Waals surface area contributed by atoms with Gasteiger partial charge < -0.3 is 13.9 Å². The van der Waals surface area contributed by atoms with Gasteiger partial charge in [-0.3, -0.25) is 0 Å². The molecular weight excluding hydrogens is 597 g/mol. The van der Waals surface area contributed by atoms with Crippen LogP contribution < -0.4 is 4.90 Å². The summed E-state index contributed by atoms with van der Waals surface area (Å²) in [5, 5.41) is 7.04. The van der Waals surface area contributed by atoms with Crippen molar-refractivity contribution < 1.29 is 4.42 Å². The molecule has 3 heteroatoms. The molecule has 0 unspecified atom stereocenters. The molecule has 0 spiro atoms. The summed E-state index contributed by atoms with van der Waals surface area (Å²) < 4.78 is 8.78. The van der Waals surface area contributed by atoms with Gasteiger partial charge in [-0.2, -0.15) is 0 Å². The number of aromatic nitrogens is 1. The summed E-state index contributed by atoms with van der Waals surface area (Å²) in [5.74, 6) is 0. The largest absolute Gasteiger partial charge is 0.456 e. The first-order chi connectivity index (χ1) is 24.3. The lowest BCUT2D eigenvalue weighted by Gasteiger charge is -2.26. The van der Waals surface area contributed by atoms with Gasteiger partial charge in [0.05, 0.1) is 11.0 Å². The number of para-hydroxylation sites is 2. The highest BCUT2D eigenvalue weighted by atomic mass is 16.3. The number of hydrogen-bond donors (Lipinski definition) is 0. The number of benzene rings is 8. The Morgan fingerprint density at radius 2 is 0.980 bits per heavy atom. The monoisotopic (exact) mass is 626 g/mol. The average molecular weight is 627 g/mol. The topological polar surface area (TPSA) is 21.3 Å². The van der Waals surface area contributed by atoms with Crippen LogP contribution in [-0.4, -0.2) is 4.57 Å². The molecule has 0 saturated heterocycles. The van der Waals surface area contributed by atoms with Crippen molar-refractivity contribution in [2.75, 3.05) is 4.90 Å². The van der Waals surface area contributed by atoms with Gasteiger partial charge in [-0.05, 0) is 101 Å². The van der Waals surface area contributed by atoms with Gasteiger partial charge in [0.1, 0.15) is 11.2 Å². The Morgan fingerprint density at radius 1 is 0.367 bits per heavy atom. The van der Waals surface area contributed by atoms with Crippen molar-refractivity contribution in [1.29, 1.82) is 0 Å². The van der Waals surface area contributed by atoms with E-state index < -0.39 is 0 Å². The predicted molar refractivity (Wildman–Crippen MR) is 206 cm³/mol. The minimum absolute atomic E-state index is 0.883. The number of rotatable bonds is 5. The summed E-state index contributed by atoms with van der Waals surface area (Å²) in [4.78, 5) is 2.37. The lowest BCUT2D eigenvalue weighted by molar-refractivity contribution is 0.669. The third-order valence-corrected chi connectivity index (χ3v) is 9.72. The van der Waals surface area contributed by atoms with Crippen molar-refractivity contribution in [2.45, 2.75) is 0 Å². The van der Waals surface area contributed by atoms with Crippen molar-refractivity contribution in [2.24, 2.45) is 0 Å². The fourth-order valence-corrected chi connectivity index (χ4v) is 7.45. The number of anilines is 3. The van der Waals surface area contributed by atoms with Crippen LogP contribution in [0.25, 0.3) is 71.3 Å². The van der Waals surface area contributed by atoms with Gasteiger partial charge in [-0.1, -0.05) is 103 Å². The molecule has 0 aliphatic heterocycles. The molecule has 0 aliphatic rings. The zero-order chi connectivity index (χ0) is 32.3. The molecule has 0 bridgehead atoms. The molecule has 2 heterocycles. The molecule has 10 rings (SSSR count). The zero-order valence-electron chi connectivity index (χ0n) is 26.6. The quantitative estimate of drug-likeness (QED) is 0.190. The third kappa shape index (κ3) is 4.51. The minimum atomic E-state index is 0.883. The van der Waals surface area contributed by atoms with Gasteiger partial charge in [0.2, 0.25) is 0 Å². The van der Waals surface area contributed by atoms with Crippen LogP contribution in [0.3, 0.4) is 0 Å². The SMILES string of the molecule is c1ccc(-c2cccc(N(c3ccc4oc5cc6ccccc6cc5c4c3)c3ccc4c(c3)c3ccccc3n4-c3ccccc3)c2)cc1. The molecule has 3 nitrogen and oxygen atoms in total. The summed E-state index contributed by atoms with van der Waals surface area (Å²) in [6, 6.07) is 65.1. The third-order valence-electron chi connectivity index (χ3n) is 9.72. The highest BCUT2D eigenvalue weighted by Gasteiger charge is 2.19. The van der Waals surface area contributed by atoms with Gasteiger partial charge in [0.15, 0.2) is 0 Å².